The third kappa shape index (κ3) is 3.16. The minimum Gasteiger partial charge on any atom is -0.298 e. The summed E-state index contributed by atoms with van der Waals surface area (Å²) in [5.41, 5.74) is 2.16. The molecule has 1 aromatic carbocycles. The topological polar surface area (TPSA) is 30.0 Å². The van der Waals surface area contributed by atoms with Crippen LogP contribution in [0, 0.1) is 0 Å². The fourth-order valence-electron chi connectivity index (χ4n) is 1.98. The molecule has 0 fully saturated rings. The zero-order chi connectivity index (χ0) is 13.0. The van der Waals surface area contributed by atoms with Gasteiger partial charge in [0.2, 0.25) is 0 Å². The summed E-state index contributed by atoms with van der Waals surface area (Å²) >= 11 is 3.48. The highest BCUT2D eigenvalue weighted by atomic mass is 79.9. The van der Waals surface area contributed by atoms with Gasteiger partial charge in [-0.15, -0.1) is 0 Å². The number of halogens is 1. The lowest BCUT2D eigenvalue weighted by atomic mass is 10.0. The van der Waals surface area contributed by atoms with Gasteiger partial charge in [-0.1, -0.05) is 35.0 Å². The number of hydrogen-bond donors (Lipinski definition) is 0. The van der Waals surface area contributed by atoms with Gasteiger partial charge in [0.15, 0.2) is 0 Å². The number of benzene rings is 1. The van der Waals surface area contributed by atoms with E-state index in [0.29, 0.717) is 6.42 Å². The third-order valence-electron chi connectivity index (χ3n) is 2.93. The Balaban J connectivity index is 2.14. The Bertz CT molecular complexity index is 553. The van der Waals surface area contributed by atoms with Crippen molar-refractivity contribution in [3.8, 4) is 0 Å². The number of fused-ring (bicyclic) bond motifs is 1. The number of rotatable bonds is 5. The number of alkyl halides is 1. The van der Waals surface area contributed by atoms with Crippen LogP contribution in [0.5, 0.6) is 0 Å². The van der Waals surface area contributed by atoms with Crippen LogP contribution in [0.4, 0.5) is 0 Å². The smallest absolute Gasteiger partial charge is 0.146 e. The third-order valence-corrected chi connectivity index (χ3v) is 3.76. The summed E-state index contributed by atoms with van der Waals surface area (Å²) in [6, 6.07) is 10.1. The molecular weight excluding hydrogens is 290 g/mol. The molecule has 94 valence electrons. The molecule has 0 N–H and O–H groups in total. The first-order chi connectivity index (χ1) is 8.70. The summed E-state index contributed by atoms with van der Waals surface area (Å²) in [5, 5.41) is 1.12. The van der Waals surface area contributed by atoms with Gasteiger partial charge in [0.25, 0.3) is 0 Å². The van der Waals surface area contributed by atoms with Crippen LogP contribution < -0.4 is 0 Å². The molecule has 0 saturated heterocycles. The van der Waals surface area contributed by atoms with Crippen molar-refractivity contribution in [1.82, 2.24) is 4.98 Å². The molecule has 0 aliphatic heterocycles. The average Bonchev–Trinajstić information content (AvgIpc) is 2.39. The number of pyridine rings is 1. The Morgan fingerprint density at radius 1 is 1.39 bits per heavy atom. The molecule has 0 aliphatic rings. The van der Waals surface area contributed by atoms with E-state index in [1.54, 1.807) is 6.20 Å². The summed E-state index contributed by atoms with van der Waals surface area (Å²) in [7, 11) is 0. The first-order valence-electron chi connectivity index (χ1n) is 6.21. The largest absolute Gasteiger partial charge is 0.298 e. The summed E-state index contributed by atoms with van der Waals surface area (Å²) < 4.78 is 0. The summed E-state index contributed by atoms with van der Waals surface area (Å²) in [4.78, 5) is 16.0. The standard InChI is InChI=1S/C15H16BrNO/c1-2-4-15(18)13(16)10-11-6-7-14-12(9-11)5-3-8-17-14/h3,5-9,13H,2,4,10H2,1H3. The second-order valence-electron chi connectivity index (χ2n) is 4.42. The molecule has 0 bridgehead atoms. The highest BCUT2D eigenvalue weighted by Gasteiger charge is 2.14. The second kappa shape index (κ2) is 6.10. The van der Waals surface area contributed by atoms with Gasteiger partial charge >= 0.3 is 0 Å². The minimum atomic E-state index is -0.0772. The molecule has 2 rings (SSSR count). The predicted octanol–water partition coefficient (Wildman–Crippen LogP) is 3.91. The van der Waals surface area contributed by atoms with E-state index in [0.717, 1.165) is 23.7 Å². The molecule has 18 heavy (non-hydrogen) atoms. The molecule has 0 amide bonds. The van der Waals surface area contributed by atoms with E-state index in [1.165, 1.54) is 5.56 Å². The van der Waals surface area contributed by atoms with Crippen LogP contribution >= 0.6 is 15.9 Å². The van der Waals surface area contributed by atoms with Crippen LogP contribution in [0.2, 0.25) is 0 Å². The fourth-order valence-corrected chi connectivity index (χ4v) is 2.58. The molecule has 1 atom stereocenters. The van der Waals surface area contributed by atoms with Crippen LogP contribution in [0.1, 0.15) is 25.3 Å². The van der Waals surface area contributed by atoms with Crippen LogP contribution in [0.15, 0.2) is 36.5 Å². The van der Waals surface area contributed by atoms with Crippen molar-refractivity contribution >= 4 is 32.6 Å². The van der Waals surface area contributed by atoms with Crippen molar-refractivity contribution in [2.24, 2.45) is 0 Å². The van der Waals surface area contributed by atoms with Gasteiger partial charge in [0.05, 0.1) is 10.3 Å². The van der Waals surface area contributed by atoms with E-state index in [9.17, 15) is 4.79 Å². The number of ketones is 1. The SMILES string of the molecule is CCCC(=O)C(Br)Cc1ccc2ncccc2c1. The molecule has 2 nitrogen and oxygen atoms in total. The Morgan fingerprint density at radius 2 is 2.22 bits per heavy atom. The summed E-state index contributed by atoms with van der Waals surface area (Å²) in [6.45, 7) is 2.03. The van der Waals surface area contributed by atoms with Gasteiger partial charge in [-0.3, -0.25) is 9.78 Å². The molecule has 0 spiro atoms. The number of aromatic nitrogens is 1. The number of hydrogen-bond acceptors (Lipinski definition) is 2. The molecule has 1 heterocycles. The van der Waals surface area contributed by atoms with Crippen molar-refractivity contribution < 1.29 is 4.79 Å². The van der Waals surface area contributed by atoms with E-state index in [-0.39, 0.29) is 10.6 Å². The maximum Gasteiger partial charge on any atom is 0.146 e. The molecule has 2 aromatic rings. The fraction of sp³-hybridized carbons (Fsp3) is 0.333. The van der Waals surface area contributed by atoms with Gasteiger partial charge in [-0.25, -0.2) is 0 Å². The average molecular weight is 306 g/mol. The van der Waals surface area contributed by atoms with E-state index in [1.807, 2.05) is 31.2 Å². The number of nitrogens with zero attached hydrogens (tertiary/aromatic N) is 1. The first kappa shape index (κ1) is 13.2. The number of carbonyl (C=O) groups is 1. The maximum atomic E-state index is 11.8. The molecular formula is C15H16BrNO. The van der Waals surface area contributed by atoms with Crippen molar-refractivity contribution in [2.75, 3.05) is 0 Å². The van der Waals surface area contributed by atoms with E-state index >= 15 is 0 Å². The maximum absolute atomic E-state index is 11.8. The van der Waals surface area contributed by atoms with Crippen molar-refractivity contribution in [2.45, 2.75) is 31.0 Å². The van der Waals surface area contributed by atoms with Crippen LogP contribution in [0.3, 0.4) is 0 Å². The summed E-state index contributed by atoms with van der Waals surface area (Å²) in [5.74, 6) is 0.281. The van der Waals surface area contributed by atoms with Crippen molar-refractivity contribution in [3.63, 3.8) is 0 Å². The normalized spacial score (nSPS) is 12.6. The minimum absolute atomic E-state index is 0.0772. The van der Waals surface area contributed by atoms with Crippen molar-refractivity contribution in [1.29, 1.82) is 0 Å². The van der Waals surface area contributed by atoms with Gasteiger partial charge < -0.3 is 0 Å². The zero-order valence-electron chi connectivity index (χ0n) is 10.4. The Labute approximate surface area is 116 Å². The van der Waals surface area contributed by atoms with E-state index < -0.39 is 0 Å². The first-order valence-corrected chi connectivity index (χ1v) is 7.12. The predicted molar refractivity (Wildman–Crippen MR) is 78.1 cm³/mol. The molecule has 1 unspecified atom stereocenters. The number of carbonyl (C=O) groups excluding carboxylic acids is 1. The van der Waals surface area contributed by atoms with Crippen LogP contribution in [0.25, 0.3) is 10.9 Å². The molecule has 3 heteroatoms. The van der Waals surface area contributed by atoms with E-state index in [2.05, 4.69) is 27.0 Å². The Kier molecular flexibility index (Phi) is 4.48. The lowest BCUT2D eigenvalue weighted by molar-refractivity contribution is -0.118. The van der Waals surface area contributed by atoms with Crippen LogP contribution in [-0.4, -0.2) is 15.6 Å². The van der Waals surface area contributed by atoms with Gasteiger partial charge in [-0.05, 0) is 36.6 Å². The lowest BCUT2D eigenvalue weighted by Gasteiger charge is -2.09. The molecule has 0 saturated carbocycles. The number of Topliss-reactive ketones (excluding diaryl/α,β-unsaturated/α-hetero) is 1. The second-order valence-corrected chi connectivity index (χ2v) is 5.52. The molecule has 0 aliphatic carbocycles. The monoisotopic (exact) mass is 305 g/mol. The van der Waals surface area contributed by atoms with Gasteiger partial charge in [-0.2, -0.15) is 0 Å². The van der Waals surface area contributed by atoms with E-state index in [4.69, 9.17) is 0 Å². The highest BCUT2D eigenvalue weighted by molar-refractivity contribution is 9.10. The van der Waals surface area contributed by atoms with Crippen molar-refractivity contribution in [3.05, 3.63) is 42.1 Å². The van der Waals surface area contributed by atoms with Crippen LogP contribution in [-0.2, 0) is 11.2 Å². The lowest BCUT2D eigenvalue weighted by Crippen LogP contribution is -2.16. The zero-order valence-corrected chi connectivity index (χ0v) is 12.0. The molecule has 1 aromatic heterocycles. The Hall–Kier alpha value is -1.22. The summed E-state index contributed by atoms with van der Waals surface area (Å²) in [6.07, 6.45) is 4.08. The Morgan fingerprint density at radius 3 is 3.00 bits per heavy atom. The van der Waals surface area contributed by atoms with Gasteiger partial charge in [0.1, 0.15) is 5.78 Å². The quantitative estimate of drug-likeness (QED) is 0.784. The highest BCUT2D eigenvalue weighted by Crippen LogP contribution is 2.18. The van der Waals surface area contributed by atoms with Gasteiger partial charge in [0, 0.05) is 18.0 Å². The molecule has 0 radical (unpaired) electrons.